The second-order valence-corrected chi connectivity index (χ2v) is 6.06. The Hall–Kier alpha value is -2.62. The molecule has 2 rings (SSSR count). The zero-order chi connectivity index (χ0) is 17.5. The predicted octanol–water partition coefficient (Wildman–Crippen LogP) is 4.20. The van der Waals surface area contributed by atoms with Gasteiger partial charge in [-0.25, -0.2) is 0 Å². The quantitative estimate of drug-likeness (QED) is 0.836. The molecule has 2 amide bonds. The number of anilines is 1. The van der Waals surface area contributed by atoms with Crippen molar-refractivity contribution in [2.45, 2.75) is 33.1 Å². The average Bonchev–Trinajstić information content (AvgIpc) is 2.60. The molecule has 0 aliphatic rings. The number of carbonyl (C=O) groups is 2. The maximum Gasteiger partial charge on any atom is 0.255 e. The van der Waals surface area contributed by atoms with Gasteiger partial charge in [0.1, 0.15) is 0 Å². The Kier molecular flexibility index (Phi) is 6.13. The average molecular weight is 324 g/mol. The molecule has 0 fully saturated rings. The molecule has 0 aliphatic heterocycles. The molecule has 0 heterocycles. The second-order valence-electron chi connectivity index (χ2n) is 6.06. The molecule has 2 aromatic carbocycles. The monoisotopic (exact) mass is 324 g/mol. The molecule has 126 valence electrons. The van der Waals surface area contributed by atoms with Crippen molar-refractivity contribution in [2.75, 3.05) is 11.9 Å². The van der Waals surface area contributed by atoms with Crippen LogP contribution in [0.3, 0.4) is 0 Å². The molecule has 0 spiro atoms. The summed E-state index contributed by atoms with van der Waals surface area (Å²) in [7, 11) is 0. The van der Waals surface area contributed by atoms with Gasteiger partial charge in [-0.05, 0) is 54.3 Å². The minimum Gasteiger partial charge on any atom is -0.352 e. The van der Waals surface area contributed by atoms with Crippen molar-refractivity contribution in [3.05, 3.63) is 65.2 Å². The number of amides is 2. The number of carbonyl (C=O) groups excluding carboxylic acids is 2. The van der Waals surface area contributed by atoms with Crippen LogP contribution >= 0.6 is 0 Å². The van der Waals surface area contributed by atoms with E-state index in [2.05, 4.69) is 24.5 Å². The summed E-state index contributed by atoms with van der Waals surface area (Å²) < 4.78 is 0. The maximum absolute atomic E-state index is 12.3. The van der Waals surface area contributed by atoms with E-state index in [1.807, 2.05) is 31.2 Å². The summed E-state index contributed by atoms with van der Waals surface area (Å²) in [6.07, 6.45) is 0.898. The van der Waals surface area contributed by atoms with Crippen LogP contribution < -0.4 is 10.6 Å². The van der Waals surface area contributed by atoms with E-state index in [9.17, 15) is 9.59 Å². The number of hydrogen-bond donors (Lipinski definition) is 2. The summed E-state index contributed by atoms with van der Waals surface area (Å²) in [5.41, 5.74) is 3.07. The van der Waals surface area contributed by atoms with Crippen LogP contribution in [0.5, 0.6) is 0 Å². The minimum absolute atomic E-state index is 0.0981. The van der Waals surface area contributed by atoms with Crippen molar-refractivity contribution < 1.29 is 9.59 Å². The van der Waals surface area contributed by atoms with Gasteiger partial charge in [-0.1, -0.05) is 32.9 Å². The van der Waals surface area contributed by atoms with E-state index in [-0.39, 0.29) is 11.8 Å². The third-order valence-corrected chi connectivity index (χ3v) is 3.78. The zero-order valence-electron chi connectivity index (χ0n) is 14.4. The molecule has 0 atom stereocenters. The van der Waals surface area contributed by atoms with E-state index in [0.717, 1.165) is 6.42 Å². The molecule has 0 unspecified atom stereocenters. The van der Waals surface area contributed by atoms with Gasteiger partial charge in [0.2, 0.25) is 0 Å². The van der Waals surface area contributed by atoms with Gasteiger partial charge in [0.15, 0.2) is 0 Å². The topological polar surface area (TPSA) is 58.2 Å². The van der Waals surface area contributed by atoms with Crippen LogP contribution in [0.25, 0.3) is 0 Å². The van der Waals surface area contributed by atoms with E-state index in [4.69, 9.17) is 0 Å². The minimum atomic E-state index is -0.159. The standard InChI is InChI=1S/C20H24N2O2/c1-4-13-21-19(23)16-9-11-18(12-10-16)22-20(24)17-7-5-15(6-8-17)14(2)3/h5-12,14H,4,13H2,1-3H3,(H,21,23)(H,22,24). The highest BCUT2D eigenvalue weighted by Gasteiger charge is 2.08. The summed E-state index contributed by atoms with van der Waals surface area (Å²) in [6.45, 7) is 6.90. The van der Waals surface area contributed by atoms with Crippen LogP contribution in [-0.2, 0) is 0 Å². The van der Waals surface area contributed by atoms with Crippen LogP contribution in [0.2, 0.25) is 0 Å². The summed E-state index contributed by atoms with van der Waals surface area (Å²) >= 11 is 0. The van der Waals surface area contributed by atoms with Gasteiger partial charge >= 0.3 is 0 Å². The Bertz CT molecular complexity index is 689. The van der Waals surface area contributed by atoms with Gasteiger partial charge < -0.3 is 10.6 Å². The molecule has 4 nitrogen and oxygen atoms in total. The van der Waals surface area contributed by atoms with Crippen molar-refractivity contribution in [1.29, 1.82) is 0 Å². The summed E-state index contributed by atoms with van der Waals surface area (Å²) in [6, 6.07) is 14.5. The molecule has 4 heteroatoms. The fourth-order valence-electron chi connectivity index (χ4n) is 2.27. The Morgan fingerprint density at radius 2 is 1.42 bits per heavy atom. The molecule has 0 saturated carbocycles. The normalized spacial score (nSPS) is 10.5. The summed E-state index contributed by atoms with van der Waals surface area (Å²) in [5.74, 6) is 0.181. The Labute approximate surface area is 143 Å². The van der Waals surface area contributed by atoms with Gasteiger partial charge in [-0.15, -0.1) is 0 Å². The molecule has 2 N–H and O–H groups in total. The molecule has 2 aromatic rings. The van der Waals surface area contributed by atoms with Crippen LogP contribution in [0, 0.1) is 0 Å². The van der Waals surface area contributed by atoms with E-state index >= 15 is 0 Å². The fraction of sp³-hybridized carbons (Fsp3) is 0.300. The highest BCUT2D eigenvalue weighted by atomic mass is 16.2. The van der Waals surface area contributed by atoms with Crippen molar-refractivity contribution in [3.63, 3.8) is 0 Å². The van der Waals surface area contributed by atoms with E-state index < -0.39 is 0 Å². The van der Waals surface area contributed by atoms with Gasteiger partial charge in [0, 0.05) is 23.4 Å². The van der Waals surface area contributed by atoms with Crippen molar-refractivity contribution >= 4 is 17.5 Å². The first kappa shape index (κ1) is 17.7. The molecule has 24 heavy (non-hydrogen) atoms. The molecular weight excluding hydrogens is 300 g/mol. The fourth-order valence-corrected chi connectivity index (χ4v) is 2.27. The Morgan fingerprint density at radius 1 is 0.875 bits per heavy atom. The Morgan fingerprint density at radius 3 is 1.96 bits per heavy atom. The van der Waals surface area contributed by atoms with Crippen LogP contribution in [0.15, 0.2) is 48.5 Å². The molecule has 0 aromatic heterocycles. The molecule has 0 saturated heterocycles. The zero-order valence-corrected chi connectivity index (χ0v) is 14.4. The van der Waals surface area contributed by atoms with Crippen molar-refractivity contribution in [2.24, 2.45) is 0 Å². The van der Waals surface area contributed by atoms with E-state index in [1.165, 1.54) is 5.56 Å². The number of nitrogens with one attached hydrogen (secondary N) is 2. The van der Waals surface area contributed by atoms with Gasteiger partial charge in [-0.2, -0.15) is 0 Å². The first-order valence-corrected chi connectivity index (χ1v) is 8.31. The lowest BCUT2D eigenvalue weighted by Gasteiger charge is -2.09. The van der Waals surface area contributed by atoms with Gasteiger partial charge in [0.25, 0.3) is 11.8 Å². The first-order valence-electron chi connectivity index (χ1n) is 8.31. The predicted molar refractivity (Wildman–Crippen MR) is 97.6 cm³/mol. The van der Waals surface area contributed by atoms with Crippen LogP contribution in [0.4, 0.5) is 5.69 Å². The molecule has 0 aliphatic carbocycles. The van der Waals surface area contributed by atoms with Crippen molar-refractivity contribution in [1.82, 2.24) is 5.32 Å². The maximum atomic E-state index is 12.3. The van der Waals surface area contributed by atoms with Crippen molar-refractivity contribution in [3.8, 4) is 0 Å². The third-order valence-electron chi connectivity index (χ3n) is 3.78. The number of rotatable bonds is 6. The molecule has 0 radical (unpaired) electrons. The van der Waals surface area contributed by atoms with E-state index in [0.29, 0.717) is 29.3 Å². The SMILES string of the molecule is CCCNC(=O)c1ccc(NC(=O)c2ccc(C(C)C)cc2)cc1. The van der Waals surface area contributed by atoms with Gasteiger partial charge in [-0.3, -0.25) is 9.59 Å². The number of hydrogen-bond acceptors (Lipinski definition) is 2. The lowest BCUT2D eigenvalue weighted by molar-refractivity contribution is 0.0953. The largest absolute Gasteiger partial charge is 0.352 e. The van der Waals surface area contributed by atoms with E-state index in [1.54, 1.807) is 24.3 Å². The molecule has 0 bridgehead atoms. The third kappa shape index (κ3) is 4.69. The number of benzene rings is 2. The second kappa shape index (κ2) is 8.29. The lowest BCUT2D eigenvalue weighted by Crippen LogP contribution is -2.23. The summed E-state index contributed by atoms with van der Waals surface area (Å²) in [5, 5.41) is 5.67. The smallest absolute Gasteiger partial charge is 0.255 e. The lowest BCUT2D eigenvalue weighted by atomic mass is 10.0. The van der Waals surface area contributed by atoms with Crippen LogP contribution in [0.1, 0.15) is 59.4 Å². The molecular formula is C20H24N2O2. The highest BCUT2D eigenvalue weighted by molar-refractivity contribution is 6.04. The van der Waals surface area contributed by atoms with Crippen LogP contribution in [-0.4, -0.2) is 18.4 Å². The first-order chi connectivity index (χ1) is 11.5. The Balaban J connectivity index is 2.00. The van der Waals surface area contributed by atoms with Gasteiger partial charge in [0.05, 0.1) is 0 Å². The summed E-state index contributed by atoms with van der Waals surface area (Å²) in [4.78, 5) is 24.1. The highest BCUT2D eigenvalue weighted by Crippen LogP contribution is 2.16.